The standard InChI is InChI=1S/C27H39NO5/c1-14(2)9-21-24-18(6)16(4)11-20-10-15(3)7-8-22(30)23(31)13-19(12-17(5)29)25(32)27(20,24)26(33)28-21/h10-11,14,18-22,24,30H,7-9,12-13H2,1-6H3,(H,28,33)/b15-10+/t18-,19-,20+,21+,22-,24+,27+/m1/s1. The van der Waals surface area contributed by atoms with Crippen molar-refractivity contribution in [1.29, 1.82) is 0 Å². The molecule has 1 fully saturated rings. The average Bonchev–Trinajstić information content (AvgIpc) is 2.99. The van der Waals surface area contributed by atoms with Gasteiger partial charge < -0.3 is 15.2 Å². The van der Waals surface area contributed by atoms with Crippen LogP contribution in [0.5, 0.6) is 0 Å². The van der Waals surface area contributed by atoms with E-state index < -0.39 is 29.1 Å². The Bertz CT molecular complexity index is 900. The number of aliphatic hydroxyl groups excluding tert-OH is 1. The highest BCUT2D eigenvalue weighted by Crippen LogP contribution is 2.56. The summed E-state index contributed by atoms with van der Waals surface area (Å²) in [4.78, 5) is 53.2. The number of carbonyl (C=O) groups is 4. The van der Waals surface area contributed by atoms with Gasteiger partial charge in [0, 0.05) is 36.6 Å². The highest BCUT2D eigenvalue weighted by molar-refractivity contribution is 6.11. The summed E-state index contributed by atoms with van der Waals surface area (Å²) in [5.41, 5.74) is 0.744. The van der Waals surface area contributed by atoms with Crippen LogP contribution in [0.25, 0.3) is 0 Å². The Morgan fingerprint density at radius 2 is 1.88 bits per heavy atom. The Balaban J connectivity index is 2.25. The minimum atomic E-state index is -1.35. The SMILES string of the molecule is CC(=O)C[C@@H]1CC(=O)[C@H](O)CC/C(C)=C/[C@H]2C=C(C)[C@@H](C)[C@H]3[C@H](CC(C)C)NC(=O)[C@]32C1=O. The highest BCUT2D eigenvalue weighted by Gasteiger charge is 2.66. The van der Waals surface area contributed by atoms with Crippen molar-refractivity contribution in [3.63, 3.8) is 0 Å². The Labute approximate surface area is 197 Å². The molecule has 6 nitrogen and oxygen atoms in total. The van der Waals surface area contributed by atoms with Crippen LogP contribution in [0.4, 0.5) is 0 Å². The van der Waals surface area contributed by atoms with Crippen LogP contribution >= 0.6 is 0 Å². The lowest BCUT2D eigenvalue weighted by Crippen LogP contribution is -2.54. The molecule has 1 saturated heterocycles. The minimum absolute atomic E-state index is 0.00556. The molecule has 0 bridgehead atoms. The van der Waals surface area contributed by atoms with Gasteiger partial charge in [0.2, 0.25) is 5.91 Å². The van der Waals surface area contributed by atoms with Crippen LogP contribution in [-0.4, -0.2) is 40.5 Å². The molecule has 2 aliphatic carbocycles. The van der Waals surface area contributed by atoms with Crippen LogP contribution in [0.3, 0.4) is 0 Å². The maximum atomic E-state index is 14.4. The summed E-state index contributed by atoms with van der Waals surface area (Å²) in [6, 6.07) is -0.152. The van der Waals surface area contributed by atoms with Crippen LogP contribution in [0.15, 0.2) is 23.3 Å². The average molecular weight is 458 g/mol. The van der Waals surface area contributed by atoms with Gasteiger partial charge in [-0.15, -0.1) is 0 Å². The smallest absolute Gasteiger partial charge is 0.235 e. The number of amides is 1. The summed E-state index contributed by atoms with van der Waals surface area (Å²) in [6.45, 7) is 11.7. The van der Waals surface area contributed by atoms with E-state index in [2.05, 4.69) is 33.0 Å². The van der Waals surface area contributed by atoms with Gasteiger partial charge in [-0.05, 0) is 51.9 Å². The number of aliphatic hydroxyl groups is 1. The number of hydrogen-bond acceptors (Lipinski definition) is 5. The fourth-order valence-corrected chi connectivity index (χ4v) is 6.38. The fourth-order valence-electron chi connectivity index (χ4n) is 6.38. The second kappa shape index (κ2) is 9.65. The van der Waals surface area contributed by atoms with E-state index in [1.807, 2.05) is 19.1 Å². The molecule has 33 heavy (non-hydrogen) atoms. The van der Waals surface area contributed by atoms with Crippen molar-refractivity contribution in [1.82, 2.24) is 5.32 Å². The van der Waals surface area contributed by atoms with Crippen LogP contribution in [-0.2, 0) is 19.2 Å². The van der Waals surface area contributed by atoms with Crippen molar-refractivity contribution in [3.05, 3.63) is 23.3 Å². The summed E-state index contributed by atoms with van der Waals surface area (Å²) in [7, 11) is 0. The van der Waals surface area contributed by atoms with Gasteiger partial charge in [0.25, 0.3) is 0 Å². The van der Waals surface area contributed by atoms with Crippen molar-refractivity contribution in [2.75, 3.05) is 0 Å². The zero-order chi connectivity index (χ0) is 24.7. The molecular weight excluding hydrogens is 418 g/mol. The number of rotatable bonds is 4. The van der Waals surface area contributed by atoms with Gasteiger partial charge in [-0.25, -0.2) is 0 Å². The molecule has 1 amide bonds. The molecule has 0 aromatic rings. The predicted molar refractivity (Wildman–Crippen MR) is 126 cm³/mol. The second-order valence-electron chi connectivity index (χ2n) is 11.0. The fraction of sp³-hybridized carbons (Fsp3) is 0.704. The van der Waals surface area contributed by atoms with E-state index in [1.54, 1.807) is 0 Å². The Morgan fingerprint density at radius 3 is 2.48 bits per heavy atom. The second-order valence-corrected chi connectivity index (χ2v) is 11.0. The molecule has 0 radical (unpaired) electrons. The third-order valence-corrected chi connectivity index (χ3v) is 8.01. The van der Waals surface area contributed by atoms with Gasteiger partial charge in [-0.3, -0.25) is 14.4 Å². The summed E-state index contributed by atoms with van der Waals surface area (Å²) >= 11 is 0. The summed E-state index contributed by atoms with van der Waals surface area (Å²) in [6.07, 6.45) is 4.09. The molecule has 3 aliphatic rings. The van der Waals surface area contributed by atoms with E-state index in [4.69, 9.17) is 0 Å². The third kappa shape index (κ3) is 4.64. The Morgan fingerprint density at radius 1 is 1.21 bits per heavy atom. The number of nitrogens with one attached hydrogen (secondary N) is 1. The summed E-state index contributed by atoms with van der Waals surface area (Å²) < 4.78 is 0. The zero-order valence-electron chi connectivity index (χ0n) is 20.8. The van der Waals surface area contributed by atoms with E-state index in [0.717, 1.165) is 17.6 Å². The van der Waals surface area contributed by atoms with Gasteiger partial charge in [-0.2, -0.15) is 0 Å². The van der Waals surface area contributed by atoms with Crippen molar-refractivity contribution in [3.8, 4) is 0 Å². The number of allylic oxidation sites excluding steroid dienone is 4. The van der Waals surface area contributed by atoms with E-state index in [9.17, 15) is 24.3 Å². The van der Waals surface area contributed by atoms with Crippen LogP contribution in [0.2, 0.25) is 0 Å². The molecule has 6 heteroatoms. The molecule has 182 valence electrons. The maximum Gasteiger partial charge on any atom is 0.235 e. The van der Waals surface area contributed by atoms with Crippen LogP contribution in [0, 0.1) is 35.0 Å². The monoisotopic (exact) mass is 457 g/mol. The Kier molecular flexibility index (Phi) is 7.47. The van der Waals surface area contributed by atoms with Gasteiger partial charge >= 0.3 is 0 Å². The van der Waals surface area contributed by atoms with Crippen molar-refractivity contribution < 1.29 is 24.3 Å². The lowest BCUT2D eigenvalue weighted by Gasteiger charge is -2.46. The summed E-state index contributed by atoms with van der Waals surface area (Å²) in [5.74, 6) is -2.50. The van der Waals surface area contributed by atoms with Crippen molar-refractivity contribution in [2.24, 2.45) is 35.0 Å². The molecule has 1 heterocycles. The first-order valence-corrected chi connectivity index (χ1v) is 12.3. The molecule has 3 rings (SSSR count). The third-order valence-electron chi connectivity index (χ3n) is 8.01. The molecule has 0 saturated carbocycles. The first-order chi connectivity index (χ1) is 15.4. The first-order valence-electron chi connectivity index (χ1n) is 12.3. The lowest BCUT2D eigenvalue weighted by atomic mass is 9.53. The molecule has 1 aliphatic heterocycles. The molecule has 0 unspecified atom stereocenters. The predicted octanol–water partition coefficient (Wildman–Crippen LogP) is 3.57. The largest absolute Gasteiger partial charge is 0.385 e. The van der Waals surface area contributed by atoms with E-state index in [1.165, 1.54) is 6.92 Å². The normalized spacial score (nSPS) is 39.1. The van der Waals surface area contributed by atoms with E-state index in [-0.39, 0.29) is 54.6 Å². The van der Waals surface area contributed by atoms with E-state index >= 15 is 0 Å². The Hall–Kier alpha value is -2.08. The zero-order valence-corrected chi connectivity index (χ0v) is 20.8. The maximum absolute atomic E-state index is 14.4. The number of carbonyl (C=O) groups excluding carboxylic acids is 4. The van der Waals surface area contributed by atoms with Gasteiger partial charge in [0.1, 0.15) is 17.3 Å². The quantitative estimate of drug-likeness (QED) is 0.496. The van der Waals surface area contributed by atoms with Crippen molar-refractivity contribution >= 4 is 23.3 Å². The molecule has 2 N–H and O–H groups in total. The number of hydrogen-bond donors (Lipinski definition) is 2. The number of Topliss-reactive ketones (excluding diaryl/α,β-unsaturated/α-hetero) is 3. The molecular formula is C27H39NO5. The molecule has 1 spiro atoms. The van der Waals surface area contributed by atoms with Gasteiger partial charge in [0.05, 0.1) is 0 Å². The molecule has 0 aromatic heterocycles. The minimum Gasteiger partial charge on any atom is -0.385 e. The topological polar surface area (TPSA) is 101 Å². The molecule has 0 aromatic carbocycles. The van der Waals surface area contributed by atoms with Crippen LogP contribution in [0.1, 0.15) is 73.6 Å². The molecule has 7 atom stereocenters. The lowest BCUT2D eigenvalue weighted by molar-refractivity contribution is -0.150. The number of ketones is 3. The van der Waals surface area contributed by atoms with E-state index in [0.29, 0.717) is 12.3 Å². The summed E-state index contributed by atoms with van der Waals surface area (Å²) in [5, 5.41) is 13.6. The first kappa shape index (κ1) is 25.5. The highest BCUT2D eigenvalue weighted by atomic mass is 16.3. The van der Waals surface area contributed by atoms with Crippen LogP contribution < -0.4 is 5.32 Å². The van der Waals surface area contributed by atoms with Crippen molar-refractivity contribution in [2.45, 2.75) is 85.8 Å². The van der Waals surface area contributed by atoms with Gasteiger partial charge in [-0.1, -0.05) is 44.1 Å². The van der Waals surface area contributed by atoms with Gasteiger partial charge in [0.15, 0.2) is 11.6 Å².